The van der Waals surface area contributed by atoms with E-state index in [4.69, 9.17) is 14.2 Å². The van der Waals surface area contributed by atoms with Gasteiger partial charge in [-0.3, -0.25) is 14.5 Å². The zero-order valence-corrected chi connectivity index (χ0v) is 29.9. The molecule has 3 aromatic rings. The predicted octanol–water partition coefficient (Wildman–Crippen LogP) is 6.43. The summed E-state index contributed by atoms with van der Waals surface area (Å²) in [7, 11) is 0. The summed E-state index contributed by atoms with van der Waals surface area (Å²) < 4.78 is 18.7. The van der Waals surface area contributed by atoms with Crippen molar-refractivity contribution in [3.05, 3.63) is 101 Å². The predicted molar refractivity (Wildman–Crippen MR) is 191 cm³/mol. The van der Waals surface area contributed by atoms with Gasteiger partial charge in [0.25, 0.3) is 5.91 Å². The highest BCUT2D eigenvalue weighted by atomic mass is 16.7. The fourth-order valence-corrected chi connectivity index (χ4v) is 9.05. The Hall–Kier alpha value is -4.09. The number of rotatable bonds is 9. The van der Waals surface area contributed by atoms with Gasteiger partial charge in [-0.05, 0) is 58.9 Å². The Labute approximate surface area is 300 Å². The molecule has 3 aromatic carbocycles. The standard InChI is InChI=1S/C41H49N3O7/c1-26-34(21-43-25-41(4)20-32(43)19-40(2,3)24-41)50-38(51-36(26)29-12-10-27(22-45)11-13-29)30-14-16-31(17-15-30)44-35(46)18-33(37(44)47)42-39(48)49-23-28-8-6-5-7-9-28/h5-17,26,32-34,36,38,45H,18-25H2,1-4H3,(H,42,48). The third-order valence-electron chi connectivity index (χ3n) is 11.1. The molecule has 1 aliphatic carbocycles. The molecule has 7 atom stereocenters. The molecule has 10 nitrogen and oxygen atoms in total. The summed E-state index contributed by atoms with van der Waals surface area (Å²) >= 11 is 0. The van der Waals surface area contributed by atoms with Gasteiger partial charge in [0.05, 0.1) is 30.9 Å². The summed E-state index contributed by atoms with van der Waals surface area (Å²) in [5.74, 6) is -0.854. The SMILES string of the molecule is CC1C(CN2CC3(C)CC2CC(C)(C)C3)OC(c2ccc(N3C(=O)CC(NC(=O)OCc4ccccc4)C3=O)cc2)OC1c1ccc(CO)cc1. The van der Waals surface area contributed by atoms with Crippen LogP contribution < -0.4 is 10.2 Å². The number of likely N-dealkylation sites (tertiary alicyclic amines) is 1. The van der Waals surface area contributed by atoms with Crippen LogP contribution in [0.25, 0.3) is 0 Å². The van der Waals surface area contributed by atoms with E-state index in [0.29, 0.717) is 22.6 Å². The molecule has 4 aliphatic rings. The van der Waals surface area contributed by atoms with Crippen molar-refractivity contribution in [2.75, 3.05) is 18.0 Å². The van der Waals surface area contributed by atoms with Gasteiger partial charge < -0.3 is 24.6 Å². The van der Waals surface area contributed by atoms with Crippen molar-refractivity contribution in [1.82, 2.24) is 10.2 Å². The van der Waals surface area contributed by atoms with Crippen LogP contribution in [0.1, 0.15) is 88.0 Å². The lowest BCUT2D eigenvalue weighted by Crippen LogP contribution is -2.46. The fraction of sp³-hybridized carbons (Fsp3) is 0.488. The van der Waals surface area contributed by atoms with E-state index in [1.165, 1.54) is 19.3 Å². The maximum atomic E-state index is 13.3. The number of anilines is 1. The average Bonchev–Trinajstić information content (AvgIpc) is 3.52. The second-order valence-electron chi connectivity index (χ2n) is 16.1. The average molecular weight is 696 g/mol. The monoisotopic (exact) mass is 695 g/mol. The van der Waals surface area contributed by atoms with Crippen LogP contribution in [0.2, 0.25) is 0 Å². The van der Waals surface area contributed by atoms with E-state index >= 15 is 0 Å². The molecule has 3 heterocycles. The quantitative estimate of drug-likeness (QED) is 0.246. The number of nitrogens with one attached hydrogen (secondary N) is 1. The Morgan fingerprint density at radius 2 is 1.63 bits per heavy atom. The number of nitrogens with zero attached hydrogens (tertiary/aromatic N) is 2. The first-order chi connectivity index (χ1) is 24.4. The van der Waals surface area contributed by atoms with Crippen LogP contribution in [0, 0.1) is 16.7 Å². The first-order valence-electron chi connectivity index (χ1n) is 18.1. The Morgan fingerprint density at radius 1 is 0.922 bits per heavy atom. The third kappa shape index (κ3) is 7.60. The molecule has 0 aromatic heterocycles. The lowest BCUT2D eigenvalue weighted by Gasteiger charge is -2.43. The van der Waals surface area contributed by atoms with Crippen molar-refractivity contribution in [1.29, 1.82) is 0 Å². The third-order valence-corrected chi connectivity index (χ3v) is 11.1. The van der Waals surface area contributed by atoms with Crippen LogP contribution in [0.3, 0.4) is 0 Å². The largest absolute Gasteiger partial charge is 0.445 e. The van der Waals surface area contributed by atoms with Crippen molar-refractivity contribution in [2.45, 2.75) is 97.2 Å². The smallest absolute Gasteiger partial charge is 0.408 e. The summed E-state index contributed by atoms with van der Waals surface area (Å²) in [5.41, 5.74) is 4.49. The maximum Gasteiger partial charge on any atom is 0.408 e. The van der Waals surface area contributed by atoms with Gasteiger partial charge in [0.15, 0.2) is 6.29 Å². The molecule has 10 heteroatoms. The minimum Gasteiger partial charge on any atom is -0.445 e. The first kappa shape index (κ1) is 35.3. The number of amides is 3. The van der Waals surface area contributed by atoms with Crippen LogP contribution in [-0.2, 0) is 37.0 Å². The van der Waals surface area contributed by atoms with Gasteiger partial charge in [-0.25, -0.2) is 9.69 Å². The van der Waals surface area contributed by atoms with Crippen LogP contribution >= 0.6 is 0 Å². The van der Waals surface area contributed by atoms with Crippen molar-refractivity contribution in [2.24, 2.45) is 16.7 Å². The minimum absolute atomic E-state index is 0.0231. The van der Waals surface area contributed by atoms with Crippen molar-refractivity contribution < 1.29 is 33.7 Å². The second-order valence-corrected chi connectivity index (χ2v) is 16.1. The van der Waals surface area contributed by atoms with E-state index in [-0.39, 0.29) is 37.8 Å². The zero-order valence-electron chi connectivity index (χ0n) is 29.9. The van der Waals surface area contributed by atoms with Crippen LogP contribution in [-0.4, -0.2) is 59.2 Å². The fourth-order valence-electron chi connectivity index (χ4n) is 9.05. The molecule has 7 rings (SSSR count). The molecule has 0 spiro atoms. The maximum absolute atomic E-state index is 13.3. The molecule has 7 unspecified atom stereocenters. The van der Waals surface area contributed by atoms with Crippen molar-refractivity contribution in [3.63, 3.8) is 0 Å². The van der Waals surface area contributed by atoms with Gasteiger partial charge in [-0.2, -0.15) is 0 Å². The zero-order chi connectivity index (χ0) is 35.9. The number of aliphatic hydroxyl groups excluding tert-OH is 1. The Bertz CT molecular complexity index is 1730. The van der Waals surface area contributed by atoms with E-state index in [1.54, 1.807) is 12.1 Å². The highest BCUT2D eigenvalue weighted by Gasteiger charge is 2.51. The Morgan fingerprint density at radius 3 is 2.33 bits per heavy atom. The molecule has 3 saturated heterocycles. The number of hydrogen-bond donors (Lipinski definition) is 2. The number of benzene rings is 3. The normalized spacial score (nSPS) is 30.4. The topological polar surface area (TPSA) is 118 Å². The number of alkyl carbamates (subject to hydrolysis) is 1. The minimum atomic E-state index is -1.01. The van der Waals surface area contributed by atoms with E-state index in [2.05, 4.69) is 37.9 Å². The molecule has 51 heavy (non-hydrogen) atoms. The lowest BCUT2D eigenvalue weighted by atomic mass is 9.65. The molecule has 2 bridgehead atoms. The summed E-state index contributed by atoms with van der Waals surface area (Å²) in [4.78, 5) is 42.5. The molecule has 4 fully saturated rings. The summed E-state index contributed by atoms with van der Waals surface area (Å²) in [5, 5.41) is 12.2. The van der Waals surface area contributed by atoms with Gasteiger partial charge in [0.2, 0.25) is 5.91 Å². The number of ether oxygens (including phenoxy) is 3. The summed E-state index contributed by atoms with van der Waals surface area (Å²) in [6, 6.07) is 23.8. The number of imide groups is 1. The summed E-state index contributed by atoms with van der Waals surface area (Å²) in [6.45, 7) is 11.3. The Kier molecular flexibility index (Phi) is 9.80. The number of aliphatic hydroxyl groups is 1. The van der Waals surface area contributed by atoms with Gasteiger partial charge in [-0.1, -0.05) is 94.4 Å². The lowest BCUT2D eigenvalue weighted by molar-refractivity contribution is -0.276. The molecule has 0 radical (unpaired) electrons. The molecular weight excluding hydrogens is 646 g/mol. The molecule has 3 amide bonds. The van der Waals surface area contributed by atoms with Crippen LogP contribution in [0.5, 0.6) is 0 Å². The van der Waals surface area contributed by atoms with E-state index in [0.717, 1.165) is 40.2 Å². The number of fused-ring (bicyclic) bond motifs is 2. The van der Waals surface area contributed by atoms with Crippen molar-refractivity contribution in [3.8, 4) is 0 Å². The van der Waals surface area contributed by atoms with Gasteiger partial charge >= 0.3 is 6.09 Å². The van der Waals surface area contributed by atoms with Crippen LogP contribution in [0.15, 0.2) is 78.9 Å². The molecule has 270 valence electrons. The van der Waals surface area contributed by atoms with Gasteiger partial charge in [-0.15, -0.1) is 0 Å². The molecule has 1 saturated carbocycles. The van der Waals surface area contributed by atoms with E-state index < -0.39 is 30.2 Å². The van der Waals surface area contributed by atoms with Gasteiger partial charge in [0.1, 0.15) is 12.6 Å². The highest BCUT2D eigenvalue weighted by molar-refractivity contribution is 6.22. The number of carbonyl (C=O) groups is 3. The van der Waals surface area contributed by atoms with E-state index in [9.17, 15) is 19.5 Å². The summed E-state index contributed by atoms with van der Waals surface area (Å²) in [6.07, 6.45) is 1.69. The van der Waals surface area contributed by atoms with Gasteiger partial charge in [0, 0.05) is 30.6 Å². The van der Waals surface area contributed by atoms with Crippen molar-refractivity contribution >= 4 is 23.6 Å². The number of hydrogen-bond acceptors (Lipinski definition) is 8. The highest BCUT2D eigenvalue weighted by Crippen LogP contribution is 2.53. The second kappa shape index (κ2) is 14.1. The first-order valence-corrected chi connectivity index (χ1v) is 18.1. The van der Waals surface area contributed by atoms with Crippen LogP contribution in [0.4, 0.5) is 10.5 Å². The number of carbonyl (C=O) groups excluding carboxylic acids is 3. The van der Waals surface area contributed by atoms with E-state index in [1.807, 2.05) is 66.7 Å². The molecular formula is C41H49N3O7. The Balaban J connectivity index is 1.06. The molecule has 2 N–H and O–H groups in total. The molecule has 3 aliphatic heterocycles.